The van der Waals surface area contributed by atoms with Crippen LogP contribution in [0.3, 0.4) is 0 Å². The first-order valence-electron chi connectivity index (χ1n) is 10.1. The third-order valence-electron chi connectivity index (χ3n) is 4.86. The van der Waals surface area contributed by atoms with Gasteiger partial charge in [0.25, 0.3) is 15.9 Å². The first kappa shape index (κ1) is 25.1. The molecule has 10 heteroatoms. The molecule has 0 atom stereocenters. The molecule has 0 saturated carbocycles. The first-order chi connectivity index (χ1) is 16.3. The maximum Gasteiger partial charge on any atom is 0.264 e. The highest BCUT2D eigenvalue weighted by atomic mass is 35.5. The van der Waals surface area contributed by atoms with Gasteiger partial charge in [0.15, 0.2) is 11.5 Å². The molecule has 8 nitrogen and oxygen atoms in total. The fourth-order valence-corrected chi connectivity index (χ4v) is 4.72. The summed E-state index contributed by atoms with van der Waals surface area (Å²) in [6.45, 7) is 1.21. The van der Waals surface area contributed by atoms with Crippen LogP contribution in [-0.4, -0.2) is 40.8 Å². The number of nitrogens with zero attached hydrogens (tertiary/aromatic N) is 2. The fourth-order valence-electron chi connectivity index (χ4n) is 3.10. The lowest BCUT2D eigenvalue weighted by Crippen LogP contribution is -2.39. The van der Waals surface area contributed by atoms with Crippen molar-refractivity contribution in [2.75, 3.05) is 25.1 Å². The number of rotatable bonds is 9. The van der Waals surface area contributed by atoms with Crippen molar-refractivity contribution in [2.45, 2.75) is 11.8 Å². The summed E-state index contributed by atoms with van der Waals surface area (Å²) in [4.78, 5) is 12.8. The third kappa shape index (κ3) is 5.86. The number of anilines is 1. The van der Waals surface area contributed by atoms with Crippen molar-refractivity contribution in [2.24, 2.45) is 5.10 Å². The minimum absolute atomic E-state index is 0.0489. The third-order valence-corrected chi connectivity index (χ3v) is 6.89. The van der Waals surface area contributed by atoms with Crippen LogP contribution in [-0.2, 0) is 14.8 Å². The molecule has 0 bridgehead atoms. The molecular formula is C24H24ClN3O5S. The molecule has 0 aliphatic rings. The van der Waals surface area contributed by atoms with Gasteiger partial charge in [-0.05, 0) is 55.5 Å². The number of carbonyl (C=O) groups is 1. The van der Waals surface area contributed by atoms with Crippen LogP contribution in [0.5, 0.6) is 11.5 Å². The summed E-state index contributed by atoms with van der Waals surface area (Å²) in [7, 11) is -0.982. The van der Waals surface area contributed by atoms with Gasteiger partial charge >= 0.3 is 0 Å². The van der Waals surface area contributed by atoms with Gasteiger partial charge in [0.05, 0.1) is 30.5 Å². The average molecular weight is 502 g/mol. The summed E-state index contributed by atoms with van der Waals surface area (Å²) < 4.78 is 38.1. The number of nitrogens with one attached hydrogen (secondary N) is 1. The molecular weight excluding hydrogens is 478 g/mol. The van der Waals surface area contributed by atoms with Crippen LogP contribution in [0.2, 0.25) is 5.02 Å². The normalized spacial score (nSPS) is 11.6. The monoisotopic (exact) mass is 501 g/mol. The van der Waals surface area contributed by atoms with Crippen molar-refractivity contribution >= 4 is 38.9 Å². The second-order valence-electron chi connectivity index (χ2n) is 7.11. The number of carbonyl (C=O) groups excluding carboxylic acids is 1. The Morgan fingerprint density at radius 2 is 1.68 bits per heavy atom. The second-order valence-corrected chi connectivity index (χ2v) is 9.41. The van der Waals surface area contributed by atoms with Crippen LogP contribution in [0.15, 0.2) is 82.8 Å². The first-order valence-corrected chi connectivity index (χ1v) is 12.0. The highest BCUT2D eigenvalue weighted by Gasteiger charge is 2.27. The van der Waals surface area contributed by atoms with Gasteiger partial charge in [-0.3, -0.25) is 9.10 Å². The van der Waals surface area contributed by atoms with E-state index in [-0.39, 0.29) is 10.6 Å². The molecule has 0 spiro atoms. The van der Waals surface area contributed by atoms with Crippen molar-refractivity contribution in [1.82, 2.24) is 5.43 Å². The predicted octanol–water partition coefficient (Wildman–Crippen LogP) is 4.09. The van der Waals surface area contributed by atoms with Crippen molar-refractivity contribution in [3.05, 3.63) is 83.4 Å². The van der Waals surface area contributed by atoms with E-state index < -0.39 is 22.5 Å². The lowest BCUT2D eigenvalue weighted by atomic mass is 10.1. The molecule has 178 valence electrons. The Labute approximate surface area is 203 Å². The largest absolute Gasteiger partial charge is 0.493 e. The van der Waals surface area contributed by atoms with Crippen LogP contribution >= 0.6 is 11.6 Å². The average Bonchev–Trinajstić information content (AvgIpc) is 2.85. The number of halogens is 1. The van der Waals surface area contributed by atoms with Crippen molar-refractivity contribution in [3.63, 3.8) is 0 Å². The number of sulfonamides is 1. The highest BCUT2D eigenvalue weighted by Crippen LogP contribution is 2.28. The predicted molar refractivity (Wildman–Crippen MR) is 132 cm³/mol. The van der Waals surface area contributed by atoms with Crippen LogP contribution in [0.4, 0.5) is 5.69 Å². The van der Waals surface area contributed by atoms with Gasteiger partial charge in [-0.2, -0.15) is 5.10 Å². The van der Waals surface area contributed by atoms with Gasteiger partial charge in [0.2, 0.25) is 0 Å². The zero-order valence-electron chi connectivity index (χ0n) is 18.9. The maximum atomic E-state index is 13.3. The molecule has 0 heterocycles. The topological polar surface area (TPSA) is 97.3 Å². The van der Waals surface area contributed by atoms with E-state index >= 15 is 0 Å². The minimum Gasteiger partial charge on any atom is -0.493 e. The molecule has 3 aromatic carbocycles. The highest BCUT2D eigenvalue weighted by molar-refractivity contribution is 7.92. The molecule has 0 aliphatic carbocycles. The van der Waals surface area contributed by atoms with Gasteiger partial charge in [0, 0.05) is 10.6 Å². The lowest BCUT2D eigenvalue weighted by molar-refractivity contribution is -0.119. The van der Waals surface area contributed by atoms with E-state index in [0.29, 0.717) is 27.8 Å². The number of hydrazone groups is 1. The number of benzene rings is 3. The number of methoxy groups -OCH3 is 2. The summed E-state index contributed by atoms with van der Waals surface area (Å²) in [5.41, 5.74) is 3.87. The molecule has 1 N–H and O–H groups in total. The Morgan fingerprint density at radius 1 is 0.971 bits per heavy atom. The maximum absolute atomic E-state index is 13.3. The standard InChI is InChI=1S/C24H24ClN3O5S/c1-17(18-12-13-22(32-2)23(14-18)33-3)26-27-24(29)16-28(20-9-7-8-19(25)15-20)34(30,31)21-10-5-4-6-11-21/h4-15H,16H2,1-3H3,(H,27,29). The van der Waals surface area contributed by atoms with Crippen molar-refractivity contribution in [3.8, 4) is 11.5 Å². The Hall–Kier alpha value is -3.56. The smallest absolute Gasteiger partial charge is 0.264 e. The SMILES string of the molecule is COc1ccc(C(C)=NNC(=O)CN(c2cccc(Cl)c2)S(=O)(=O)c2ccccc2)cc1OC. The minimum atomic E-state index is -4.04. The van der Waals surface area contributed by atoms with Crippen LogP contribution < -0.4 is 19.2 Å². The van der Waals surface area contributed by atoms with Crippen LogP contribution in [0.1, 0.15) is 12.5 Å². The van der Waals surface area contributed by atoms with E-state index in [1.807, 2.05) is 0 Å². The van der Waals surface area contributed by atoms with Gasteiger partial charge in [-0.25, -0.2) is 13.8 Å². The molecule has 0 fully saturated rings. The van der Waals surface area contributed by atoms with E-state index in [0.717, 1.165) is 4.31 Å². The van der Waals surface area contributed by atoms with Gasteiger partial charge < -0.3 is 9.47 Å². The summed E-state index contributed by atoms with van der Waals surface area (Å²) in [5, 5.41) is 4.46. The number of hydrogen-bond acceptors (Lipinski definition) is 6. The summed E-state index contributed by atoms with van der Waals surface area (Å²) in [5.74, 6) is 0.452. The molecule has 0 aromatic heterocycles. The quantitative estimate of drug-likeness (QED) is 0.352. The molecule has 0 saturated heterocycles. The Balaban J connectivity index is 1.85. The fraction of sp³-hybridized carbons (Fsp3) is 0.167. The van der Waals surface area contributed by atoms with Gasteiger partial charge in [-0.15, -0.1) is 0 Å². The van der Waals surface area contributed by atoms with Crippen molar-refractivity contribution < 1.29 is 22.7 Å². The summed E-state index contributed by atoms with van der Waals surface area (Å²) >= 11 is 6.08. The molecule has 3 aromatic rings. The van der Waals surface area contributed by atoms with Crippen LogP contribution in [0.25, 0.3) is 0 Å². The van der Waals surface area contributed by atoms with Crippen molar-refractivity contribution in [1.29, 1.82) is 0 Å². The Morgan fingerprint density at radius 3 is 2.32 bits per heavy atom. The number of amides is 1. The lowest BCUT2D eigenvalue weighted by Gasteiger charge is -2.24. The molecule has 1 amide bonds. The molecule has 0 unspecified atom stereocenters. The molecule has 0 aliphatic heterocycles. The van der Waals surface area contributed by atoms with Gasteiger partial charge in [0.1, 0.15) is 6.54 Å². The van der Waals surface area contributed by atoms with E-state index in [1.165, 1.54) is 32.4 Å². The second kappa shape index (κ2) is 11.0. The number of hydrogen-bond donors (Lipinski definition) is 1. The summed E-state index contributed by atoms with van der Waals surface area (Å²) in [6.07, 6.45) is 0. The van der Waals surface area contributed by atoms with E-state index in [1.54, 1.807) is 61.5 Å². The Kier molecular flexibility index (Phi) is 8.14. The van der Waals surface area contributed by atoms with Gasteiger partial charge in [-0.1, -0.05) is 35.9 Å². The van der Waals surface area contributed by atoms with E-state index in [9.17, 15) is 13.2 Å². The van der Waals surface area contributed by atoms with Crippen LogP contribution in [0, 0.1) is 0 Å². The molecule has 0 radical (unpaired) electrons. The van der Waals surface area contributed by atoms with E-state index in [4.69, 9.17) is 21.1 Å². The zero-order valence-corrected chi connectivity index (χ0v) is 20.4. The Bertz CT molecular complexity index is 1300. The summed E-state index contributed by atoms with van der Waals surface area (Å²) in [6, 6.07) is 19.4. The molecule has 3 rings (SSSR count). The molecule has 34 heavy (non-hydrogen) atoms. The zero-order chi connectivity index (χ0) is 24.7. The van der Waals surface area contributed by atoms with E-state index in [2.05, 4.69) is 10.5 Å². The number of ether oxygens (including phenoxy) is 2.